The van der Waals surface area contributed by atoms with E-state index in [1.165, 1.54) is 24.3 Å². The maximum atomic E-state index is 13.9. The van der Waals surface area contributed by atoms with Crippen LogP contribution < -0.4 is 0 Å². The zero-order valence-corrected chi connectivity index (χ0v) is 18.8. The summed E-state index contributed by atoms with van der Waals surface area (Å²) in [4.78, 5) is 12.7. The Balaban J connectivity index is 1.36. The molecule has 0 heterocycles. The second kappa shape index (κ2) is 12.3. The zero-order chi connectivity index (χ0) is 23.6. The lowest BCUT2D eigenvalue weighted by Crippen LogP contribution is -2.29. The topological polar surface area (TPSA) is 73.9 Å². The highest BCUT2D eigenvalue weighted by molar-refractivity contribution is 5.72. The van der Waals surface area contributed by atoms with E-state index >= 15 is 0 Å². The maximum absolute atomic E-state index is 13.9. The van der Waals surface area contributed by atoms with Crippen LogP contribution in [-0.2, 0) is 9.53 Å². The Bertz CT molecular complexity index is 957. The van der Waals surface area contributed by atoms with Gasteiger partial charge in [-0.05, 0) is 99.8 Å². The van der Waals surface area contributed by atoms with Crippen LogP contribution in [0.15, 0.2) is 42.3 Å². The normalized spacial score (nSPS) is 25.9. The monoisotopic (exact) mass is 452 g/mol. The molecule has 174 valence electrons. The van der Waals surface area contributed by atoms with Crippen LogP contribution in [0.3, 0.4) is 0 Å². The van der Waals surface area contributed by atoms with Crippen molar-refractivity contribution in [1.29, 1.82) is 10.5 Å². The highest BCUT2D eigenvalue weighted by Gasteiger charge is 2.31. The van der Waals surface area contributed by atoms with Gasteiger partial charge in [0.2, 0.25) is 0 Å². The van der Waals surface area contributed by atoms with E-state index in [1.54, 1.807) is 6.08 Å². The molecule has 0 amide bonds. The molecule has 0 radical (unpaired) electrons. The molecule has 2 fully saturated rings. The van der Waals surface area contributed by atoms with E-state index < -0.39 is 11.6 Å². The van der Waals surface area contributed by atoms with Crippen molar-refractivity contribution in [3.63, 3.8) is 0 Å². The molecule has 1 aromatic carbocycles. The lowest BCUT2D eigenvalue weighted by atomic mass is 9.78. The fourth-order valence-electron chi connectivity index (χ4n) is 4.96. The van der Waals surface area contributed by atoms with Gasteiger partial charge in [-0.15, -0.1) is 0 Å². The van der Waals surface area contributed by atoms with Crippen LogP contribution in [0.5, 0.6) is 0 Å². The molecule has 2 aliphatic carbocycles. The summed E-state index contributed by atoms with van der Waals surface area (Å²) < 4.78 is 32.5. The van der Waals surface area contributed by atoms with Gasteiger partial charge in [0.1, 0.15) is 24.1 Å². The summed E-state index contributed by atoms with van der Waals surface area (Å²) in [6.45, 7) is 0. The first-order chi connectivity index (χ1) is 16.0. The van der Waals surface area contributed by atoms with Crippen LogP contribution in [0, 0.1) is 40.3 Å². The van der Waals surface area contributed by atoms with E-state index in [1.807, 2.05) is 18.2 Å². The van der Waals surface area contributed by atoms with Crippen LogP contribution in [0.4, 0.5) is 8.78 Å². The van der Waals surface area contributed by atoms with Crippen molar-refractivity contribution >= 4 is 5.97 Å². The molecule has 2 aliphatic rings. The largest absolute Gasteiger partial charge is 0.462 e. The number of hydrogen-bond donors (Lipinski definition) is 0. The molecule has 6 heteroatoms. The molecule has 0 N–H and O–H groups in total. The molecule has 4 nitrogen and oxygen atoms in total. The van der Waals surface area contributed by atoms with Crippen molar-refractivity contribution in [2.75, 3.05) is 0 Å². The van der Waals surface area contributed by atoms with Gasteiger partial charge in [0.05, 0.1) is 11.5 Å². The van der Waals surface area contributed by atoms with Crippen molar-refractivity contribution in [3.8, 4) is 12.1 Å². The van der Waals surface area contributed by atoms with Gasteiger partial charge in [-0.25, -0.2) is 4.39 Å². The number of nitriles is 2. The van der Waals surface area contributed by atoms with E-state index in [0.717, 1.165) is 69.8 Å². The van der Waals surface area contributed by atoms with E-state index in [2.05, 4.69) is 0 Å². The molecular weight excluding hydrogens is 422 g/mol. The number of carbonyl (C=O) groups excluding carboxylic acids is 1. The fourth-order valence-corrected chi connectivity index (χ4v) is 4.96. The highest BCUT2D eigenvalue weighted by atomic mass is 19.1. The SMILES string of the molecule is N#CC(F)=CC=CCC[C@H]1CC[C@H](OC(=O)[C@H]2CC[C@H](c3ccc(C#N)c(F)c3)CC2)CC1. The summed E-state index contributed by atoms with van der Waals surface area (Å²) in [5.74, 6) is -0.658. The van der Waals surface area contributed by atoms with E-state index in [4.69, 9.17) is 15.3 Å². The molecule has 0 bridgehead atoms. The first kappa shape index (κ1) is 24.6. The highest BCUT2D eigenvalue weighted by Crippen LogP contribution is 2.37. The number of nitrogens with zero attached hydrogens (tertiary/aromatic N) is 2. The molecule has 2 saturated carbocycles. The third-order valence-electron chi connectivity index (χ3n) is 6.95. The smallest absolute Gasteiger partial charge is 0.309 e. The van der Waals surface area contributed by atoms with Gasteiger partial charge in [0.15, 0.2) is 5.83 Å². The molecule has 0 atom stereocenters. The number of carbonyl (C=O) groups is 1. The predicted octanol–water partition coefficient (Wildman–Crippen LogP) is 6.79. The quantitative estimate of drug-likeness (QED) is 0.259. The maximum Gasteiger partial charge on any atom is 0.309 e. The first-order valence-electron chi connectivity index (χ1n) is 11.8. The van der Waals surface area contributed by atoms with Gasteiger partial charge in [0, 0.05) is 0 Å². The van der Waals surface area contributed by atoms with E-state index in [-0.39, 0.29) is 29.5 Å². The lowest BCUT2D eigenvalue weighted by molar-refractivity contribution is -0.157. The van der Waals surface area contributed by atoms with E-state index in [9.17, 15) is 13.6 Å². The van der Waals surface area contributed by atoms with Gasteiger partial charge < -0.3 is 4.74 Å². The van der Waals surface area contributed by atoms with Gasteiger partial charge in [-0.2, -0.15) is 14.9 Å². The average Bonchev–Trinajstić information content (AvgIpc) is 2.84. The van der Waals surface area contributed by atoms with Gasteiger partial charge in [-0.1, -0.05) is 18.2 Å². The van der Waals surface area contributed by atoms with Crippen molar-refractivity contribution < 1.29 is 18.3 Å². The number of halogens is 2. The van der Waals surface area contributed by atoms with Crippen LogP contribution in [0.2, 0.25) is 0 Å². The summed E-state index contributed by atoms with van der Waals surface area (Å²) in [6, 6.07) is 8.10. The fraction of sp³-hybridized carbons (Fsp3) is 0.519. The lowest BCUT2D eigenvalue weighted by Gasteiger charge is -2.31. The van der Waals surface area contributed by atoms with Crippen LogP contribution >= 0.6 is 0 Å². The molecule has 0 aromatic heterocycles. The Hall–Kier alpha value is -2.99. The second-order valence-corrected chi connectivity index (χ2v) is 9.11. The number of allylic oxidation sites excluding steroid dienone is 4. The standard InChI is InChI=1S/C27H30F2N2O2/c28-24(18-31)5-3-1-2-4-19-6-14-25(15-7-19)33-27(32)21-10-8-20(9-11-21)22-12-13-23(17-30)26(29)16-22/h1,3,5,12-13,16,19-21,25H,2,4,6-11,14-15H2/t19-,20-,21-,25-. The molecule has 1 aromatic rings. The average molecular weight is 453 g/mol. The van der Waals surface area contributed by atoms with Crippen molar-refractivity contribution in [1.82, 2.24) is 0 Å². The number of ether oxygens (including phenoxy) is 1. The molecule has 0 unspecified atom stereocenters. The Morgan fingerprint density at radius 2 is 1.82 bits per heavy atom. The van der Waals surface area contributed by atoms with Crippen molar-refractivity contribution in [3.05, 3.63) is 59.2 Å². The summed E-state index contributed by atoms with van der Waals surface area (Å²) in [5, 5.41) is 17.2. The van der Waals surface area contributed by atoms with Crippen molar-refractivity contribution in [2.45, 2.75) is 76.2 Å². The summed E-state index contributed by atoms with van der Waals surface area (Å²) in [7, 11) is 0. The van der Waals surface area contributed by atoms with Gasteiger partial charge >= 0.3 is 5.97 Å². The minimum atomic E-state index is -0.787. The third kappa shape index (κ3) is 7.26. The summed E-state index contributed by atoms with van der Waals surface area (Å²) >= 11 is 0. The molecule has 33 heavy (non-hydrogen) atoms. The Kier molecular flexibility index (Phi) is 9.19. The van der Waals surface area contributed by atoms with Gasteiger partial charge in [0.25, 0.3) is 0 Å². The Morgan fingerprint density at radius 3 is 2.45 bits per heavy atom. The van der Waals surface area contributed by atoms with Crippen LogP contribution in [0.1, 0.15) is 81.3 Å². The number of esters is 1. The van der Waals surface area contributed by atoms with Crippen molar-refractivity contribution in [2.24, 2.45) is 11.8 Å². The minimum Gasteiger partial charge on any atom is -0.462 e. The third-order valence-corrected chi connectivity index (χ3v) is 6.95. The number of benzene rings is 1. The van der Waals surface area contributed by atoms with E-state index in [0.29, 0.717) is 5.92 Å². The van der Waals surface area contributed by atoms with Crippen LogP contribution in [0.25, 0.3) is 0 Å². The Morgan fingerprint density at radius 1 is 1.09 bits per heavy atom. The molecular formula is C27H30F2N2O2. The zero-order valence-electron chi connectivity index (χ0n) is 18.8. The first-order valence-corrected chi connectivity index (χ1v) is 11.8. The minimum absolute atomic E-state index is 0.0118. The second-order valence-electron chi connectivity index (χ2n) is 9.11. The van der Waals surface area contributed by atoms with Gasteiger partial charge in [-0.3, -0.25) is 4.79 Å². The molecule has 0 aliphatic heterocycles. The van der Waals surface area contributed by atoms with Crippen LogP contribution in [-0.4, -0.2) is 12.1 Å². The molecule has 0 saturated heterocycles. The molecule has 0 spiro atoms. The Labute approximate surface area is 194 Å². The predicted molar refractivity (Wildman–Crippen MR) is 121 cm³/mol. The summed E-state index contributed by atoms with van der Waals surface area (Å²) in [5.41, 5.74) is 0.961. The number of rotatable bonds is 7. The summed E-state index contributed by atoms with van der Waals surface area (Å²) in [6.07, 6.45) is 13.4. The molecule has 3 rings (SSSR count). The number of hydrogen-bond acceptors (Lipinski definition) is 4.